The van der Waals surface area contributed by atoms with Crippen LogP contribution in [0.2, 0.25) is 0 Å². The van der Waals surface area contributed by atoms with Crippen LogP contribution in [0.4, 0.5) is 20.7 Å². The van der Waals surface area contributed by atoms with Crippen molar-refractivity contribution in [2.75, 3.05) is 17.7 Å². The summed E-state index contributed by atoms with van der Waals surface area (Å²) in [6, 6.07) is 16.6. The summed E-state index contributed by atoms with van der Waals surface area (Å²) in [6.45, 7) is 8.45. The molecule has 0 fully saturated rings. The predicted octanol–water partition coefficient (Wildman–Crippen LogP) is 6.60. The lowest BCUT2D eigenvalue weighted by molar-refractivity contribution is 0.185. The van der Waals surface area contributed by atoms with Gasteiger partial charge in [0.05, 0.1) is 23.7 Å². The molecule has 2 aromatic carbocycles. The second kappa shape index (κ2) is 10.8. The van der Waals surface area contributed by atoms with Crippen LogP contribution in [-0.2, 0) is 16.8 Å². The average Bonchev–Trinajstić information content (AvgIpc) is 3.26. The summed E-state index contributed by atoms with van der Waals surface area (Å²) in [5, 5.41) is 10.1. The van der Waals surface area contributed by atoms with E-state index >= 15 is 0 Å². The summed E-state index contributed by atoms with van der Waals surface area (Å²) in [7, 11) is 1.64. The zero-order valence-electron chi connectivity index (χ0n) is 21.5. The molecule has 2 aromatic heterocycles. The first-order chi connectivity index (χ1) is 17.6. The van der Waals surface area contributed by atoms with Crippen LogP contribution < -0.4 is 15.4 Å². The first-order valence-electron chi connectivity index (χ1n) is 11.8. The highest BCUT2D eigenvalue weighted by atomic mass is 19.1. The highest BCUT2D eigenvalue weighted by Gasteiger charge is 2.22. The molecule has 0 unspecified atom stereocenters. The van der Waals surface area contributed by atoms with Gasteiger partial charge in [-0.05, 0) is 42.8 Å². The lowest BCUT2D eigenvalue weighted by Crippen LogP contribution is -2.22. The van der Waals surface area contributed by atoms with Crippen molar-refractivity contribution in [3.63, 3.8) is 0 Å². The predicted molar refractivity (Wildman–Crippen MR) is 141 cm³/mol. The lowest BCUT2D eigenvalue weighted by Gasteiger charge is -2.14. The molecule has 0 saturated heterocycles. The summed E-state index contributed by atoms with van der Waals surface area (Å²) >= 11 is 0. The summed E-state index contributed by atoms with van der Waals surface area (Å²) < 4.78 is 27.3. The maximum atomic E-state index is 14.8. The molecule has 4 rings (SSSR count). The van der Waals surface area contributed by atoms with Crippen LogP contribution in [-0.4, -0.2) is 27.9 Å². The zero-order chi connectivity index (χ0) is 26.6. The fraction of sp³-hybridized carbons (Fsp3) is 0.250. The van der Waals surface area contributed by atoms with E-state index in [2.05, 4.69) is 15.6 Å². The molecule has 2 amide bonds. The van der Waals surface area contributed by atoms with Crippen molar-refractivity contribution in [2.45, 2.75) is 39.7 Å². The van der Waals surface area contributed by atoms with Gasteiger partial charge in [-0.1, -0.05) is 32.9 Å². The number of hydrogen-bond donors (Lipinski definition) is 2. The summed E-state index contributed by atoms with van der Waals surface area (Å²) in [4.78, 5) is 17.0. The van der Waals surface area contributed by atoms with Gasteiger partial charge in [-0.25, -0.2) is 13.9 Å². The third kappa shape index (κ3) is 6.50. The summed E-state index contributed by atoms with van der Waals surface area (Å²) in [6.07, 6.45) is 1.62. The maximum Gasteiger partial charge on any atom is 0.324 e. The molecule has 192 valence electrons. The Morgan fingerprint density at radius 1 is 1.00 bits per heavy atom. The van der Waals surface area contributed by atoms with Gasteiger partial charge in [0.1, 0.15) is 23.1 Å². The number of benzene rings is 2. The fourth-order valence-electron chi connectivity index (χ4n) is 3.58. The third-order valence-electron chi connectivity index (χ3n) is 5.50. The molecule has 9 heteroatoms. The number of pyridine rings is 1. The van der Waals surface area contributed by atoms with Crippen LogP contribution >= 0.6 is 0 Å². The maximum absolute atomic E-state index is 14.8. The van der Waals surface area contributed by atoms with Crippen molar-refractivity contribution >= 4 is 17.5 Å². The molecule has 0 atom stereocenters. The molecule has 0 radical (unpaired) electrons. The van der Waals surface area contributed by atoms with Crippen LogP contribution in [0.5, 0.6) is 11.5 Å². The summed E-state index contributed by atoms with van der Waals surface area (Å²) in [5.74, 6) is 0.675. The fourth-order valence-corrected chi connectivity index (χ4v) is 3.58. The van der Waals surface area contributed by atoms with E-state index in [4.69, 9.17) is 14.6 Å². The number of urea groups is 1. The molecular weight excluding hydrogens is 473 g/mol. The van der Waals surface area contributed by atoms with Crippen molar-refractivity contribution in [1.82, 2.24) is 14.8 Å². The van der Waals surface area contributed by atoms with Gasteiger partial charge < -0.3 is 14.8 Å². The van der Waals surface area contributed by atoms with Gasteiger partial charge in [0, 0.05) is 42.6 Å². The molecule has 4 aromatic rings. The number of carbonyl (C=O) groups excluding carboxylic acids is 1. The molecule has 37 heavy (non-hydrogen) atoms. The molecule has 0 aliphatic heterocycles. The first-order valence-corrected chi connectivity index (χ1v) is 11.8. The van der Waals surface area contributed by atoms with Crippen LogP contribution in [0.3, 0.4) is 0 Å². The second-order valence-electron chi connectivity index (χ2n) is 9.63. The average molecular weight is 504 g/mol. The van der Waals surface area contributed by atoms with E-state index in [0.717, 1.165) is 22.6 Å². The van der Waals surface area contributed by atoms with Gasteiger partial charge in [0.25, 0.3) is 0 Å². The van der Waals surface area contributed by atoms with Crippen molar-refractivity contribution in [3.8, 4) is 17.2 Å². The quantitative estimate of drug-likeness (QED) is 0.297. The Labute approximate surface area is 215 Å². The zero-order valence-corrected chi connectivity index (χ0v) is 21.5. The number of halogens is 1. The van der Waals surface area contributed by atoms with Crippen LogP contribution in [0.1, 0.15) is 37.7 Å². The minimum Gasteiger partial charge on any atom is -0.457 e. The Hall–Kier alpha value is -4.24. The minimum atomic E-state index is -0.629. The van der Waals surface area contributed by atoms with Gasteiger partial charge in [0.15, 0.2) is 0 Å². The highest BCUT2D eigenvalue weighted by molar-refractivity contribution is 5.99. The number of nitrogens with zero attached hydrogens (tertiary/aromatic N) is 3. The normalized spacial score (nSPS) is 11.3. The first kappa shape index (κ1) is 25.8. The number of carbonyl (C=O) groups is 1. The van der Waals surface area contributed by atoms with Crippen molar-refractivity contribution in [1.29, 1.82) is 0 Å². The number of anilines is 2. The Kier molecular flexibility index (Phi) is 7.54. The molecule has 2 N–H and O–H groups in total. The van der Waals surface area contributed by atoms with E-state index in [1.807, 2.05) is 58.0 Å². The van der Waals surface area contributed by atoms with Crippen molar-refractivity contribution < 1.29 is 18.7 Å². The Balaban J connectivity index is 1.51. The third-order valence-corrected chi connectivity index (χ3v) is 5.50. The lowest BCUT2D eigenvalue weighted by atomic mass is 9.92. The molecule has 0 saturated carbocycles. The van der Waals surface area contributed by atoms with Crippen molar-refractivity contribution in [2.24, 2.45) is 0 Å². The molecular formula is C28H30FN5O3. The highest BCUT2D eigenvalue weighted by Crippen LogP contribution is 2.28. The molecule has 0 bridgehead atoms. The van der Waals surface area contributed by atoms with Gasteiger partial charge in [0.2, 0.25) is 0 Å². The van der Waals surface area contributed by atoms with Crippen LogP contribution in [0, 0.1) is 12.7 Å². The molecule has 2 heterocycles. The number of ether oxygens (including phenoxy) is 2. The Morgan fingerprint density at radius 2 is 1.73 bits per heavy atom. The number of amides is 2. The topological polar surface area (TPSA) is 90.3 Å². The monoisotopic (exact) mass is 503 g/mol. The van der Waals surface area contributed by atoms with Crippen LogP contribution in [0.15, 0.2) is 66.9 Å². The number of methoxy groups -OCH3 is 1. The summed E-state index contributed by atoms with van der Waals surface area (Å²) in [5.41, 5.74) is 3.13. The van der Waals surface area contributed by atoms with Gasteiger partial charge in [-0.2, -0.15) is 5.10 Å². The van der Waals surface area contributed by atoms with Gasteiger partial charge in [-0.15, -0.1) is 0 Å². The largest absolute Gasteiger partial charge is 0.457 e. The second-order valence-corrected chi connectivity index (χ2v) is 9.63. The molecule has 0 spiro atoms. The van der Waals surface area contributed by atoms with E-state index in [0.29, 0.717) is 23.9 Å². The van der Waals surface area contributed by atoms with E-state index in [9.17, 15) is 9.18 Å². The van der Waals surface area contributed by atoms with Gasteiger partial charge >= 0.3 is 6.03 Å². The minimum absolute atomic E-state index is 0.0155. The smallest absolute Gasteiger partial charge is 0.324 e. The number of nitrogens with one attached hydrogen (secondary N) is 2. The van der Waals surface area contributed by atoms with E-state index in [1.165, 1.54) is 12.1 Å². The molecule has 0 aliphatic carbocycles. The van der Waals surface area contributed by atoms with E-state index in [-0.39, 0.29) is 11.1 Å². The SMILES string of the molecule is COCc1ccc(-n2nc(C(C)(C)C)cc2NC(=O)Nc2ccc(Oc3ccnc(C)c3)cc2F)cc1. The van der Waals surface area contributed by atoms with E-state index in [1.54, 1.807) is 36.2 Å². The number of aryl methyl sites for hydroxylation is 1. The Bertz CT molecular complexity index is 1390. The molecule has 0 aliphatic rings. The number of aromatic nitrogens is 3. The molecule has 8 nitrogen and oxygen atoms in total. The van der Waals surface area contributed by atoms with Crippen molar-refractivity contribution in [3.05, 3.63) is 89.6 Å². The standard InChI is InChI=1S/C28H30FN5O3/c1-18-14-22(12-13-30-18)37-21-10-11-24(23(29)15-21)31-27(35)32-26-16-25(28(2,3)4)33-34(26)20-8-6-19(7-9-20)17-36-5/h6-16H,17H2,1-5H3,(H2,31,32,35). The number of hydrogen-bond acceptors (Lipinski definition) is 5. The number of rotatable bonds is 7. The van der Waals surface area contributed by atoms with E-state index < -0.39 is 11.8 Å². The van der Waals surface area contributed by atoms with Gasteiger partial charge in [-0.3, -0.25) is 10.3 Å². The Morgan fingerprint density at radius 3 is 2.38 bits per heavy atom. The van der Waals surface area contributed by atoms with Crippen LogP contribution in [0.25, 0.3) is 5.69 Å².